The van der Waals surface area contributed by atoms with Gasteiger partial charge in [0, 0.05) is 11.6 Å². The molecule has 1 aliphatic carbocycles. The minimum Gasteiger partial charge on any atom is -0.321 e. The maximum atomic E-state index is 13.2. The Balaban J connectivity index is 1.43. The molecule has 7 nitrogen and oxygen atoms in total. The summed E-state index contributed by atoms with van der Waals surface area (Å²) in [4.78, 5) is 39.9. The highest BCUT2D eigenvalue weighted by atomic mass is 16.2. The first-order chi connectivity index (χ1) is 15.2. The Morgan fingerprint density at radius 1 is 0.969 bits per heavy atom. The molecule has 1 saturated carbocycles. The number of nitrogens with one attached hydrogen (secondary N) is 1. The van der Waals surface area contributed by atoms with Gasteiger partial charge < -0.3 is 5.32 Å². The van der Waals surface area contributed by atoms with E-state index in [2.05, 4.69) is 10.4 Å². The van der Waals surface area contributed by atoms with Gasteiger partial charge in [0.15, 0.2) is 0 Å². The number of hydrogen-bond acceptors (Lipinski definition) is 4. The average Bonchev–Trinajstić information content (AvgIpc) is 3.44. The van der Waals surface area contributed by atoms with Crippen LogP contribution in [0.5, 0.6) is 0 Å². The number of amides is 3. The first-order valence-corrected chi connectivity index (χ1v) is 10.7. The van der Waals surface area contributed by atoms with Crippen LogP contribution in [0.3, 0.4) is 0 Å². The first kappa shape index (κ1) is 20.2. The molecule has 7 heteroatoms. The molecule has 2 heterocycles. The number of aromatic nitrogens is 2. The zero-order valence-corrected chi connectivity index (χ0v) is 18.3. The van der Waals surface area contributed by atoms with E-state index in [9.17, 15) is 14.4 Å². The minimum atomic E-state index is -0.367. The van der Waals surface area contributed by atoms with Gasteiger partial charge in [0.25, 0.3) is 17.7 Å². The van der Waals surface area contributed by atoms with Crippen molar-refractivity contribution in [3.8, 4) is 0 Å². The predicted molar refractivity (Wildman–Crippen MR) is 121 cm³/mol. The van der Waals surface area contributed by atoms with Crippen LogP contribution >= 0.6 is 0 Å². The molecular weight excluding hydrogens is 404 g/mol. The van der Waals surface area contributed by atoms with Crippen molar-refractivity contribution in [3.05, 3.63) is 77.1 Å². The molecule has 5 rings (SSSR count). The Bertz CT molecular complexity index is 1230. The second-order valence-corrected chi connectivity index (χ2v) is 9.31. The van der Waals surface area contributed by atoms with Crippen LogP contribution in [0.15, 0.2) is 54.6 Å². The van der Waals surface area contributed by atoms with Gasteiger partial charge in [-0.1, -0.05) is 18.2 Å². The van der Waals surface area contributed by atoms with Crippen molar-refractivity contribution >= 4 is 29.1 Å². The van der Waals surface area contributed by atoms with Gasteiger partial charge in [-0.2, -0.15) is 5.10 Å². The van der Waals surface area contributed by atoms with E-state index in [-0.39, 0.29) is 23.3 Å². The van der Waals surface area contributed by atoms with Gasteiger partial charge in [0.1, 0.15) is 5.69 Å². The number of fused-ring (bicyclic) bond motifs is 1. The van der Waals surface area contributed by atoms with Gasteiger partial charge in [-0.25, -0.2) is 4.90 Å². The van der Waals surface area contributed by atoms with E-state index in [1.165, 1.54) is 0 Å². The minimum absolute atomic E-state index is 0.279. The van der Waals surface area contributed by atoms with Crippen LogP contribution in [-0.4, -0.2) is 27.5 Å². The number of imide groups is 1. The third-order valence-corrected chi connectivity index (χ3v) is 5.75. The summed E-state index contributed by atoms with van der Waals surface area (Å²) in [5, 5.41) is 7.60. The number of carbonyl (C=O) groups excluding carboxylic acids is 3. The molecular formula is C25H24N4O3. The van der Waals surface area contributed by atoms with E-state index >= 15 is 0 Å². The molecule has 0 bridgehead atoms. The van der Waals surface area contributed by atoms with E-state index in [1.54, 1.807) is 53.2 Å². The van der Waals surface area contributed by atoms with Crippen molar-refractivity contribution in [2.45, 2.75) is 45.1 Å². The van der Waals surface area contributed by atoms with E-state index < -0.39 is 0 Å². The molecule has 3 aromatic rings. The maximum absolute atomic E-state index is 13.2. The van der Waals surface area contributed by atoms with Crippen LogP contribution in [0.1, 0.15) is 76.4 Å². The van der Waals surface area contributed by atoms with Crippen molar-refractivity contribution in [3.63, 3.8) is 0 Å². The molecule has 1 aliphatic heterocycles. The van der Waals surface area contributed by atoms with Crippen LogP contribution < -0.4 is 10.2 Å². The molecule has 2 aliphatic rings. The topological polar surface area (TPSA) is 84.3 Å². The number of nitrogens with zero attached hydrogens (tertiary/aromatic N) is 3. The normalized spacial score (nSPS) is 15.8. The lowest BCUT2D eigenvalue weighted by atomic mass is 10.1. The molecule has 32 heavy (non-hydrogen) atoms. The quantitative estimate of drug-likeness (QED) is 0.617. The fraction of sp³-hybridized carbons (Fsp3) is 0.280. The largest absolute Gasteiger partial charge is 0.321 e. The smallest absolute Gasteiger partial charge is 0.273 e. The van der Waals surface area contributed by atoms with Crippen molar-refractivity contribution in [2.24, 2.45) is 0 Å². The molecule has 0 spiro atoms. The van der Waals surface area contributed by atoms with Crippen molar-refractivity contribution in [2.75, 3.05) is 10.2 Å². The number of rotatable bonds is 4. The third-order valence-electron chi connectivity index (χ3n) is 5.75. The average molecular weight is 428 g/mol. The summed E-state index contributed by atoms with van der Waals surface area (Å²) in [6.07, 6.45) is 2.20. The van der Waals surface area contributed by atoms with Gasteiger partial charge in [-0.05, 0) is 70.0 Å². The molecule has 1 aromatic heterocycles. The highest BCUT2D eigenvalue weighted by Crippen LogP contribution is 2.40. The number of anilines is 2. The Labute approximate surface area is 186 Å². The standard InChI is InChI=1S/C25H24N4O3/c1-25(2,3)29-21(14-20(27-29)15-11-12-15)22(30)26-16-7-6-8-17(13-16)28-23(31)18-9-4-5-10-19(18)24(28)32/h4-10,13-15H,11-12H2,1-3H3,(H,26,30). The summed E-state index contributed by atoms with van der Waals surface area (Å²) in [5.74, 6) is -0.580. The zero-order chi connectivity index (χ0) is 22.6. The Hall–Kier alpha value is -3.74. The monoisotopic (exact) mass is 428 g/mol. The summed E-state index contributed by atoms with van der Waals surface area (Å²) in [6.45, 7) is 6.03. The summed E-state index contributed by atoms with van der Waals surface area (Å²) in [7, 11) is 0. The SMILES string of the molecule is CC(C)(C)n1nc(C2CC2)cc1C(=O)Nc1cccc(N2C(=O)c3ccccc3C2=O)c1. The molecule has 0 unspecified atom stereocenters. The molecule has 0 atom stereocenters. The fourth-order valence-corrected chi connectivity index (χ4v) is 3.99. The fourth-order valence-electron chi connectivity index (χ4n) is 3.99. The molecule has 3 amide bonds. The van der Waals surface area contributed by atoms with Crippen LogP contribution in [0.25, 0.3) is 0 Å². The van der Waals surface area contributed by atoms with E-state index in [4.69, 9.17) is 0 Å². The predicted octanol–water partition coefficient (Wildman–Crippen LogP) is 4.57. The van der Waals surface area contributed by atoms with Crippen molar-refractivity contribution in [1.29, 1.82) is 0 Å². The number of benzene rings is 2. The second kappa shape index (κ2) is 7.15. The zero-order valence-electron chi connectivity index (χ0n) is 18.3. The summed E-state index contributed by atoms with van der Waals surface area (Å²) < 4.78 is 1.77. The summed E-state index contributed by atoms with van der Waals surface area (Å²) in [6, 6.07) is 15.4. The van der Waals surface area contributed by atoms with Gasteiger partial charge in [-0.3, -0.25) is 19.1 Å². The van der Waals surface area contributed by atoms with Crippen LogP contribution in [-0.2, 0) is 5.54 Å². The lowest BCUT2D eigenvalue weighted by Crippen LogP contribution is -2.30. The molecule has 0 saturated heterocycles. The molecule has 1 fully saturated rings. The van der Waals surface area contributed by atoms with Crippen LogP contribution in [0.4, 0.5) is 11.4 Å². The lowest BCUT2D eigenvalue weighted by molar-refractivity contribution is 0.0925. The van der Waals surface area contributed by atoms with Gasteiger partial charge in [0.05, 0.1) is 28.0 Å². The van der Waals surface area contributed by atoms with Crippen molar-refractivity contribution in [1.82, 2.24) is 9.78 Å². The summed E-state index contributed by atoms with van der Waals surface area (Å²) in [5.41, 5.74) is 2.77. The lowest BCUT2D eigenvalue weighted by Gasteiger charge is -2.22. The molecule has 2 aromatic carbocycles. The Kier molecular flexibility index (Phi) is 4.51. The van der Waals surface area contributed by atoms with Crippen molar-refractivity contribution < 1.29 is 14.4 Å². The summed E-state index contributed by atoms with van der Waals surface area (Å²) >= 11 is 0. The van der Waals surface area contributed by atoms with E-state index in [1.807, 2.05) is 26.8 Å². The number of carbonyl (C=O) groups is 3. The highest BCUT2D eigenvalue weighted by Gasteiger charge is 2.36. The van der Waals surface area contributed by atoms with E-state index in [0.29, 0.717) is 34.1 Å². The Morgan fingerprint density at radius 2 is 1.62 bits per heavy atom. The second-order valence-electron chi connectivity index (χ2n) is 9.31. The maximum Gasteiger partial charge on any atom is 0.273 e. The van der Waals surface area contributed by atoms with Gasteiger partial charge >= 0.3 is 0 Å². The van der Waals surface area contributed by atoms with Crippen LogP contribution in [0, 0.1) is 0 Å². The van der Waals surface area contributed by atoms with E-state index in [0.717, 1.165) is 23.4 Å². The van der Waals surface area contributed by atoms with Crippen LogP contribution in [0.2, 0.25) is 0 Å². The van der Waals surface area contributed by atoms with Gasteiger partial charge in [0.2, 0.25) is 0 Å². The molecule has 1 N–H and O–H groups in total. The Morgan fingerprint density at radius 3 is 2.22 bits per heavy atom. The van der Waals surface area contributed by atoms with Gasteiger partial charge in [-0.15, -0.1) is 0 Å². The highest BCUT2D eigenvalue weighted by molar-refractivity contribution is 6.34. The molecule has 162 valence electrons. The molecule has 0 radical (unpaired) electrons. The first-order valence-electron chi connectivity index (χ1n) is 10.7. The third kappa shape index (κ3) is 3.39. The number of hydrogen-bond donors (Lipinski definition) is 1.